The standard InChI is InChI=1S/C12H18BrFN2/c1-15(2)7-8-16(3)9-10-5-4-6-11(14)12(10)13/h4-6H,7-9H2,1-3H3. The van der Waals surface area contributed by atoms with E-state index < -0.39 is 0 Å². The highest BCUT2D eigenvalue weighted by Gasteiger charge is 2.07. The molecule has 90 valence electrons. The zero-order valence-electron chi connectivity index (χ0n) is 10.0. The van der Waals surface area contributed by atoms with Crippen LogP contribution in [0.15, 0.2) is 22.7 Å². The Morgan fingerprint density at radius 1 is 1.19 bits per heavy atom. The van der Waals surface area contributed by atoms with E-state index in [1.54, 1.807) is 6.07 Å². The summed E-state index contributed by atoms with van der Waals surface area (Å²) in [5.74, 6) is -0.196. The Labute approximate surface area is 105 Å². The predicted octanol–water partition coefficient (Wildman–Crippen LogP) is 2.58. The van der Waals surface area contributed by atoms with Crippen LogP contribution in [0.5, 0.6) is 0 Å². The van der Waals surface area contributed by atoms with Crippen molar-refractivity contribution in [3.05, 3.63) is 34.1 Å². The first-order valence-corrected chi connectivity index (χ1v) is 6.06. The maximum absolute atomic E-state index is 13.3. The summed E-state index contributed by atoms with van der Waals surface area (Å²) >= 11 is 3.28. The molecule has 1 rings (SSSR count). The molecule has 1 aromatic carbocycles. The van der Waals surface area contributed by atoms with Crippen LogP contribution in [-0.4, -0.2) is 44.0 Å². The normalized spacial score (nSPS) is 11.4. The average Bonchev–Trinajstić information content (AvgIpc) is 2.22. The molecule has 0 aliphatic rings. The summed E-state index contributed by atoms with van der Waals surface area (Å²) in [7, 11) is 6.14. The van der Waals surface area contributed by atoms with Gasteiger partial charge in [-0.3, -0.25) is 0 Å². The van der Waals surface area contributed by atoms with E-state index in [2.05, 4.69) is 25.7 Å². The number of hydrogen-bond acceptors (Lipinski definition) is 2. The van der Waals surface area contributed by atoms with Crippen molar-refractivity contribution >= 4 is 15.9 Å². The quantitative estimate of drug-likeness (QED) is 0.822. The van der Waals surface area contributed by atoms with Crippen molar-refractivity contribution in [2.45, 2.75) is 6.54 Å². The van der Waals surface area contributed by atoms with Crippen LogP contribution in [0.25, 0.3) is 0 Å². The third-order valence-corrected chi connectivity index (χ3v) is 3.29. The lowest BCUT2D eigenvalue weighted by molar-refractivity contribution is 0.275. The molecule has 0 unspecified atom stereocenters. The third-order valence-electron chi connectivity index (χ3n) is 2.40. The van der Waals surface area contributed by atoms with Crippen molar-refractivity contribution in [3.8, 4) is 0 Å². The molecule has 0 saturated carbocycles. The van der Waals surface area contributed by atoms with E-state index in [-0.39, 0.29) is 5.82 Å². The molecule has 2 nitrogen and oxygen atoms in total. The average molecular weight is 289 g/mol. The molecule has 0 atom stereocenters. The van der Waals surface area contributed by atoms with Crippen LogP contribution in [0.2, 0.25) is 0 Å². The molecule has 0 aliphatic heterocycles. The van der Waals surface area contributed by atoms with Gasteiger partial charge in [0.15, 0.2) is 0 Å². The first-order chi connectivity index (χ1) is 7.50. The minimum absolute atomic E-state index is 0.196. The van der Waals surface area contributed by atoms with Gasteiger partial charge in [0.25, 0.3) is 0 Å². The van der Waals surface area contributed by atoms with E-state index in [4.69, 9.17) is 0 Å². The molecule has 0 aromatic heterocycles. The molecule has 0 bridgehead atoms. The fraction of sp³-hybridized carbons (Fsp3) is 0.500. The van der Waals surface area contributed by atoms with Crippen LogP contribution in [0, 0.1) is 5.82 Å². The summed E-state index contributed by atoms with van der Waals surface area (Å²) in [6, 6.07) is 5.15. The fourth-order valence-corrected chi connectivity index (χ4v) is 1.80. The topological polar surface area (TPSA) is 6.48 Å². The Balaban J connectivity index is 2.56. The molecule has 1 aromatic rings. The molecule has 0 radical (unpaired) electrons. The van der Waals surface area contributed by atoms with E-state index in [1.165, 1.54) is 6.07 Å². The Hall–Kier alpha value is -0.450. The first kappa shape index (κ1) is 13.6. The second-order valence-electron chi connectivity index (χ2n) is 4.25. The van der Waals surface area contributed by atoms with E-state index in [1.807, 2.05) is 27.2 Å². The SMILES string of the molecule is CN(C)CCN(C)Cc1cccc(F)c1Br. The van der Waals surface area contributed by atoms with E-state index >= 15 is 0 Å². The van der Waals surface area contributed by atoms with Crippen LogP contribution in [0.1, 0.15) is 5.56 Å². The second kappa shape index (κ2) is 6.33. The number of nitrogens with zero attached hydrogens (tertiary/aromatic N) is 2. The summed E-state index contributed by atoms with van der Waals surface area (Å²) < 4.78 is 13.8. The minimum atomic E-state index is -0.196. The first-order valence-electron chi connectivity index (χ1n) is 5.27. The fourth-order valence-electron chi connectivity index (χ4n) is 1.41. The van der Waals surface area contributed by atoms with Crippen LogP contribution in [0.3, 0.4) is 0 Å². The number of hydrogen-bond donors (Lipinski definition) is 0. The van der Waals surface area contributed by atoms with Gasteiger partial charge in [-0.15, -0.1) is 0 Å². The molecule has 0 saturated heterocycles. The van der Waals surface area contributed by atoms with Crippen molar-refractivity contribution in [1.29, 1.82) is 0 Å². The van der Waals surface area contributed by atoms with Crippen LogP contribution in [0.4, 0.5) is 4.39 Å². The summed E-state index contributed by atoms with van der Waals surface area (Å²) in [4.78, 5) is 4.32. The van der Waals surface area contributed by atoms with Crippen LogP contribution in [-0.2, 0) is 6.54 Å². The molecule has 0 aliphatic carbocycles. The zero-order chi connectivity index (χ0) is 12.1. The Bertz CT molecular complexity index is 342. The maximum Gasteiger partial charge on any atom is 0.137 e. The molecule has 0 amide bonds. The smallest absolute Gasteiger partial charge is 0.137 e. The predicted molar refractivity (Wildman–Crippen MR) is 69.0 cm³/mol. The summed E-state index contributed by atoms with van der Waals surface area (Å²) in [5, 5.41) is 0. The van der Waals surface area contributed by atoms with Crippen molar-refractivity contribution < 1.29 is 4.39 Å². The van der Waals surface area contributed by atoms with E-state index in [9.17, 15) is 4.39 Å². The van der Waals surface area contributed by atoms with Gasteiger partial charge in [-0.1, -0.05) is 12.1 Å². The lowest BCUT2D eigenvalue weighted by Gasteiger charge is -2.20. The van der Waals surface area contributed by atoms with Crippen molar-refractivity contribution in [2.75, 3.05) is 34.2 Å². The minimum Gasteiger partial charge on any atom is -0.308 e. The number of halogens is 2. The molecule has 0 heterocycles. The Kier molecular flexibility index (Phi) is 5.38. The molecule has 16 heavy (non-hydrogen) atoms. The van der Waals surface area contributed by atoms with Gasteiger partial charge < -0.3 is 9.80 Å². The van der Waals surface area contributed by atoms with Gasteiger partial charge in [-0.25, -0.2) is 4.39 Å². The Morgan fingerprint density at radius 2 is 1.88 bits per heavy atom. The highest BCUT2D eigenvalue weighted by molar-refractivity contribution is 9.10. The van der Waals surface area contributed by atoms with Crippen molar-refractivity contribution in [1.82, 2.24) is 9.80 Å². The van der Waals surface area contributed by atoms with Crippen LogP contribution < -0.4 is 0 Å². The molecular weight excluding hydrogens is 271 g/mol. The van der Waals surface area contributed by atoms with Crippen molar-refractivity contribution in [3.63, 3.8) is 0 Å². The molecule has 0 N–H and O–H groups in total. The van der Waals surface area contributed by atoms with Gasteiger partial charge >= 0.3 is 0 Å². The number of rotatable bonds is 5. The van der Waals surface area contributed by atoms with Gasteiger partial charge in [0, 0.05) is 19.6 Å². The van der Waals surface area contributed by atoms with Gasteiger partial charge in [0.1, 0.15) is 5.82 Å². The van der Waals surface area contributed by atoms with Gasteiger partial charge in [0.05, 0.1) is 4.47 Å². The monoisotopic (exact) mass is 288 g/mol. The third kappa shape index (κ3) is 4.20. The Morgan fingerprint density at radius 3 is 2.50 bits per heavy atom. The van der Waals surface area contributed by atoms with Crippen molar-refractivity contribution in [2.24, 2.45) is 0 Å². The zero-order valence-corrected chi connectivity index (χ0v) is 11.6. The molecule has 0 fully saturated rings. The van der Waals surface area contributed by atoms with Gasteiger partial charge in [-0.2, -0.15) is 0 Å². The molecular formula is C12H18BrFN2. The summed E-state index contributed by atoms with van der Waals surface area (Å²) in [6.07, 6.45) is 0. The lowest BCUT2D eigenvalue weighted by atomic mass is 10.2. The van der Waals surface area contributed by atoms with Crippen LogP contribution >= 0.6 is 15.9 Å². The van der Waals surface area contributed by atoms with E-state index in [0.717, 1.165) is 25.2 Å². The molecule has 0 spiro atoms. The highest BCUT2D eigenvalue weighted by Crippen LogP contribution is 2.21. The van der Waals surface area contributed by atoms with E-state index in [0.29, 0.717) is 4.47 Å². The lowest BCUT2D eigenvalue weighted by Crippen LogP contribution is -2.28. The highest BCUT2D eigenvalue weighted by atomic mass is 79.9. The summed E-state index contributed by atoms with van der Waals surface area (Å²) in [5.41, 5.74) is 0.987. The number of likely N-dealkylation sites (N-methyl/N-ethyl adjacent to an activating group) is 2. The largest absolute Gasteiger partial charge is 0.308 e. The van der Waals surface area contributed by atoms with Gasteiger partial charge in [-0.05, 0) is 48.7 Å². The molecule has 4 heteroatoms. The second-order valence-corrected chi connectivity index (χ2v) is 5.05. The maximum atomic E-state index is 13.3. The van der Waals surface area contributed by atoms with Gasteiger partial charge in [0.2, 0.25) is 0 Å². The number of benzene rings is 1. The summed E-state index contributed by atoms with van der Waals surface area (Å²) in [6.45, 7) is 2.73.